The molecular formula is C16H11N3O2. The van der Waals surface area contributed by atoms with Crippen LogP contribution in [-0.2, 0) is 6.54 Å². The van der Waals surface area contributed by atoms with Gasteiger partial charge in [0, 0.05) is 18.6 Å². The van der Waals surface area contributed by atoms with Crippen LogP contribution in [0.1, 0.15) is 26.3 Å². The molecule has 1 aliphatic rings. The Bertz CT molecular complexity index is 847. The minimum atomic E-state index is -0.235. The molecule has 2 aromatic heterocycles. The molecule has 5 nitrogen and oxygen atoms in total. The van der Waals surface area contributed by atoms with Gasteiger partial charge in [-0.05, 0) is 23.8 Å². The number of fused-ring (bicyclic) bond motifs is 2. The minimum absolute atomic E-state index is 0.235. The van der Waals surface area contributed by atoms with Gasteiger partial charge in [0.1, 0.15) is 5.65 Å². The van der Waals surface area contributed by atoms with E-state index in [1.807, 2.05) is 28.9 Å². The van der Waals surface area contributed by atoms with Crippen molar-refractivity contribution in [1.82, 2.24) is 14.3 Å². The highest BCUT2D eigenvalue weighted by molar-refractivity contribution is 6.21. The molecule has 1 aliphatic heterocycles. The second-order valence-corrected chi connectivity index (χ2v) is 4.97. The molecule has 1 aromatic carbocycles. The van der Waals surface area contributed by atoms with Gasteiger partial charge in [0.05, 0.1) is 17.7 Å². The van der Waals surface area contributed by atoms with E-state index in [9.17, 15) is 9.59 Å². The molecule has 0 saturated carbocycles. The summed E-state index contributed by atoms with van der Waals surface area (Å²) in [4.78, 5) is 30.1. The van der Waals surface area contributed by atoms with Crippen molar-refractivity contribution < 1.29 is 9.59 Å². The lowest BCUT2D eigenvalue weighted by Crippen LogP contribution is -2.29. The van der Waals surface area contributed by atoms with E-state index < -0.39 is 0 Å². The van der Waals surface area contributed by atoms with Crippen molar-refractivity contribution in [2.45, 2.75) is 6.54 Å². The largest absolute Gasteiger partial charge is 0.307 e. The van der Waals surface area contributed by atoms with Gasteiger partial charge in [-0.1, -0.05) is 18.2 Å². The molecule has 0 saturated heterocycles. The zero-order valence-corrected chi connectivity index (χ0v) is 11.1. The van der Waals surface area contributed by atoms with Crippen LogP contribution in [-0.4, -0.2) is 26.1 Å². The van der Waals surface area contributed by atoms with Crippen LogP contribution in [0.15, 0.2) is 55.0 Å². The number of imide groups is 1. The fraction of sp³-hybridized carbons (Fsp3) is 0.0625. The molecule has 5 heteroatoms. The highest BCUT2D eigenvalue weighted by Crippen LogP contribution is 2.24. The molecule has 0 atom stereocenters. The lowest BCUT2D eigenvalue weighted by molar-refractivity contribution is 0.0642. The van der Waals surface area contributed by atoms with E-state index in [0.717, 1.165) is 11.2 Å². The van der Waals surface area contributed by atoms with Crippen molar-refractivity contribution in [3.63, 3.8) is 0 Å². The molecule has 0 N–H and O–H groups in total. The Labute approximate surface area is 120 Å². The van der Waals surface area contributed by atoms with Gasteiger partial charge >= 0.3 is 0 Å². The molecule has 3 heterocycles. The second kappa shape index (κ2) is 4.28. The van der Waals surface area contributed by atoms with E-state index in [-0.39, 0.29) is 18.4 Å². The van der Waals surface area contributed by atoms with Gasteiger partial charge in [-0.2, -0.15) is 0 Å². The molecule has 102 valence electrons. The summed E-state index contributed by atoms with van der Waals surface area (Å²) < 4.78 is 1.87. The van der Waals surface area contributed by atoms with E-state index in [1.165, 1.54) is 4.90 Å². The van der Waals surface area contributed by atoms with Gasteiger partial charge in [-0.15, -0.1) is 0 Å². The van der Waals surface area contributed by atoms with Crippen molar-refractivity contribution in [2.75, 3.05) is 0 Å². The molecule has 3 aromatic rings. The van der Waals surface area contributed by atoms with Gasteiger partial charge < -0.3 is 4.40 Å². The molecule has 0 fully saturated rings. The van der Waals surface area contributed by atoms with Gasteiger partial charge in [0.15, 0.2) is 0 Å². The van der Waals surface area contributed by atoms with E-state index in [4.69, 9.17) is 0 Å². The minimum Gasteiger partial charge on any atom is -0.307 e. The number of imidazole rings is 1. The molecule has 2 amide bonds. The Morgan fingerprint density at radius 2 is 1.67 bits per heavy atom. The van der Waals surface area contributed by atoms with Crippen LogP contribution in [0.4, 0.5) is 0 Å². The number of amides is 2. The number of aromatic nitrogens is 2. The maximum atomic E-state index is 12.3. The zero-order valence-electron chi connectivity index (χ0n) is 11.1. The fourth-order valence-electron chi connectivity index (χ4n) is 2.62. The molecular weight excluding hydrogens is 266 g/mol. The quantitative estimate of drug-likeness (QED) is 0.674. The summed E-state index contributed by atoms with van der Waals surface area (Å²) in [6, 6.07) is 10.7. The number of hydrogen-bond donors (Lipinski definition) is 0. The number of carbonyl (C=O) groups excluding carboxylic acids is 2. The summed E-state index contributed by atoms with van der Waals surface area (Å²) in [6.07, 6.45) is 5.42. The average molecular weight is 277 g/mol. The number of benzene rings is 1. The predicted molar refractivity (Wildman–Crippen MR) is 75.8 cm³/mol. The first kappa shape index (κ1) is 11.8. The first-order valence-corrected chi connectivity index (χ1v) is 6.61. The summed E-state index contributed by atoms with van der Waals surface area (Å²) in [5.41, 5.74) is 2.67. The van der Waals surface area contributed by atoms with Gasteiger partial charge in [-0.3, -0.25) is 14.5 Å². The zero-order chi connectivity index (χ0) is 14.4. The molecule has 0 radical (unpaired) electrons. The maximum absolute atomic E-state index is 12.3. The molecule has 0 aliphatic carbocycles. The van der Waals surface area contributed by atoms with Crippen molar-refractivity contribution >= 4 is 17.5 Å². The van der Waals surface area contributed by atoms with E-state index in [2.05, 4.69) is 4.98 Å². The normalized spacial score (nSPS) is 14.0. The maximum Gasteiger partial charge on any atom is 0.261 e. The smallest absolute Gasteiger partial charge is 0.261 e. The van der Waals surface area contributed by atoms with Crippen LogP contribution in [0, 0.1) is 0 Å². The third-order valence-electron chi connectivity index (χ3n) is 3.67. The monoisotopic (exact) mass is 277 g/mol. The summed E-state index contributed by atoms with van der Waals surface area (Å²) in [5, 5.41) is 0. The first-order chi connectivity index (χ1) is 10.2. The van der Waals surface area contributed by atoms with Crippen molar-refractivity contribution in [3.8, 4) is 0 Å². The van der Waals surface area contributed by atoms with Crippen LogP contribution in [0.3, 0.4) is 0 Å². The highest BCUT2D eigenvalue weighted by Gasteiger charge is 2.34. The number of carbonyl (C=O) groups is 2. The molecule has 0 unspecified atom stereocenters. The topological polar surface area (TPSA) is 54.7 Å². The summed E-state index contributed by atoms with van der Waals surface area (Å²) in [6.45, 7) is 0.264. The van der Waals surface area contributed by atoms with Crippen LogP contribution >= 0.6 is 0 Å². The molecule has 0 spiro atoms. The fourth-order valence-corrected chi connectivity index (χ4v) is 2.62. The van der Waals surface area contributed by atoms with Gasteiger partial charge in [0.25, 0.3) is 11.8 Å². The van der Waals surface area contributed by atoms with Gasteiger partial charge in [0.2, 0.25) is 0 Å². The number of nitrogens with zero attached hydrogens (tertiary/aromatic N) is 3. The van der Waals surface area contributed by atoms with Crippen molar-refractivity contribution in [2.24, 2.45) is 0 Å². The Hall–Kier alpha value is -2.95. The Balaban J connectivity index is 1.69. The second-order valence-electron chi connectivity index (χ2n) is 4.97. The number of pyridine rings is 1. The molecule has 4 rings (SSSR count). The lowest BCUT2D eigenvalue weighted by Gasteiger charge is -2.13. The van der Waals surface area contributed by atoms with Crippen LogP contribution < -0.4 is 0 Å². The van der Waals surface area contributed by atoms with E-state index in [0.29, 0.717) is 11.1 Å². The molecule has 0 bridgehead atoms. The predicted octanol–water partition coefficient (Wildman–Crippen LogP) is 2.13. The summed E-state index contributed by atoms with van der Waals surface area (Å²) in [7, 11) is 0. The highest BCUT2D eigenvalue weighted by atomic mass is 16.2. The third-order valence-corrected chi connectivity index (χ3v) is 3.67. The van der Waals surface area contributed by atoms with Crippen LogP contribution in [0.25, 0.3) is 5.65 Å². The van der Waals surface area contributed by atoms with Crippen LogP contribution in [0.2, 0.25) is 0 Å². The van der Waals surface area contributed by atoms with Crippen molar-refractivity contribution in [1.29, 1.82) is 0 Å². The summed E-state index contributed by atoms with van der Waals surface area (Å²) in [5.74, 6) is -0.470. The van der Waals surface area contributed by atoms with Gasteiger partial charge in [-0.25, -0.2) is 4.98 Å². The Morgan fingerprint density at radius 1 is 0.952 bits per heavy atom. The SMILES string of the molecule is O=C1c2ccccc2C(=O)N1Cc1ccc2nccn2c1. The molecule has 21 heavy (non-hydrogen) atoms. The summed E-state index contributed by atoms with van der Waals surface area (Å²) >= 11 is 0. The average Bonchev–Trinajstić information content (AvgIpc) is 3.06. The van der Waals surface area contributed by atoms with Crippen molar-refractivity contribution in [3.05, 3.63) is 71.7 Å². The first-order valence-electron chi connectivity index (χ1n) is 6.61. The standard InChI is InChI=1S/C16H11N3O2/c20-15-12-3-1-2-4-13(12)16(21)19(15)10-11-5-6-14-17-7-8-18(14)9-11/h1-9H,10H2. The van der Waals surface area contributed by atoms with Crippen LogP contribution in [0.5, 0.6) is 0 Å². The number of hydrogen-bond acceptors (Lipinski definition) is 3. The Kier molecular flexibility index (Phi) is 2.41. The third kappa shape index (κ3) is 1.74. The van der Waals surface area contributed by atoms with E-state index >= 15 is 0 Å². The number of rotatable bonds is 2. The Morgan fingerprint density at radius 3 is 2.38 bits per heavy atom. The lowest BCUT2D eigenvalue weighted by atomic mass is 10.1. The van der Waals surface area contributed by atoms with E-state index in [1.54, 1.807) is 30.5 Å².